The zero-order valence-corrected chi connectivity index (χ0v) is 17.1. The molecule has 4 amide bonds. The minimum atomic E-state index is -1.05. The molecule has 4 rings (SSSR count). The van der Waals surface area contributed by atoms with E-state index >= 15 is 0 Å². The fourth-order valence-electron chi connectivity index (χ4n) is 4.27. The SMILES string of the molecule is CCOc1ccc(C(C)NC(=O)CN2C(=O)NC3(CCc4ccccc43)C2=O)cc1. The van der Waals surface area contributed by atoms with E-state index in [4.69, 9.17) is 4.74 Å². The summed E-state index contributed by atoms with van der Waals surface area (Å²) >= 11 is 0. The first-order valence-electron chi connectivity index (χ1n) is 10.2. The van der Waals surface area contributed by atoms with Crippen LogP contribution in [0.25, 0.3) is 0 Å². The number of imide groups is 1. The largest absolute Gasteiger partial charge is 0.494 e. The van der Waals surface area contributed by atoms with Crippen molar-refractivity contribution in [3.63, 3.8) is 0 Å². The third-order valence-electron chi connectivity index (χ3n) is 5.79. The minimum absolute atomic E-state index is 0.268. The van der Waals surface area contributed by atoms with Gasteiger partial charge in [0.05, 0.1) is 12.6 Å². The lowest BCUT2D eigenvalue weighted by Gasteiger charge is -2.22. The van der Waals surface area contributed by atoms with Crippen molar-refractivity contribution in [1.82, 2.24) is 15.5 Å². The van der Waals surface area contributed by atoms with E-state index in [1.807, 2.05) is 62.4 Å². The molecule has 1 aliphatic heterocycles. The smallest absolute Gasteiger partial charge is 0.325 e. The first-order chi connectivity index (χ1) is 14.4. The van der Waals surface area contributed by atoms with E-state index in [9.17, 15) is 14.4 Å². The second-order valence-electron chi connectivity index (χ2n) is 7.68. The molecule has 7 nitrogen and oxygen atoms in total. The number of urea groups is 1. The molecule has 7 heteroatoms. The number of aryl methyl sites for hydroxylation is 1. The van der Waals surface area contributed by atoms with E-state index in [-0.39, 0.29) is 24.4 Å². The fraction of sp³-hybridized carbons (Fsp3) is 0.348. The van der Waals surface area contributed by atoms with Crippen molar-refractivity contribution in [1.29, 1.82) is 0 Å². The first kappa shape index (κ1) is 19.9. The summed E-state index contributed by atoms with van der Waals surface area (Å²) < 4.78 is 5.43. The summed E-state index contributed by atoms with van der Waals surface area (Å²) in [6.07, 6.45) is 1.23. The molecule has 2 aromatic carbocycles. The minimum Gasteiger partial charge on any atom is -0.494 e. The quantitative estimate of drug-likeness (QED) is 0.721. The van der Waals surface area contributed by atoms with Crippen LogP contribution in [0.2, 0.25) is 0 Å². The molecule has 0 radical (unpaired) electrons. The second-order valence-corrected chi connectivity index (χ2v) is 7.68. The molecule has 2 atom stereocenters. The van der Waals surface area contributed by atoms with Crippen molar-refractivity contribution in [2.24, 2.45) is 0 Å². The Hall–Kier alpha value is -3.35. The number of fused-ring (bicyclic) bond motifs is 2. The van der Waals surface area contributed by atoms with E-state index < -0.39 is 11.6 Å². The van der Waals surface area contributed by atoms with Gasteiger partial charge in [-0.15, -0.1) is 0 Å². The molecule has 1 spiro atoms. The zero-order valence-electron chi connectivity index (χ0n) is 17.1. The molecule has 2 N–H and O–H groups in total. The summed E-state index contributed by atoms with van der Waals surface area (Å²) in [6.45, 7) is 4.05. The molecular weight excluding hydrogens is 382 g/mol. The summed E-state index contributed by atoms with van der Waals surface area (Å²) in [5, 5.41) is 5.70. The van der Waals surface area contributed by atoms with Gasteiger partial charge in [0.2, 0.25) is 5.91 Å². The third kappa shape index (κ3) is 3.40. The topological polar surface area (TPSA) is 87.7 Å². The van der Waals surface area contributed by atoms with Gasteiger partial charge in [-0.2, -0.15) is 0 Å². The summed E-state index contributed by atoms with van der Waals surface area (Å²) in [5.41, 5.74) is 1.75. The molecule has 1 heterocycles. The van der Waals surface area contributed by atoms with Crippen LogP contribution >= 0.6 is 0 Å². The predicted molar refractivity (Wildman–Crippen MR) is 111 cm³/mol. The Morgan fingerprint density at radius 2 is 1.93 bits per heavy atom. The lowest BCUT2D eigenvalue weighted by Crippen LogP contribution is -2.44. The lowest BCUT2D eigenvalue weighted by atomic mass is 9.92. The molecule has 2 aromatic rings. The standard InChI is InChI=1S/C23H25N3O4/c1-3-30-18-10-8-16(9-11-18)15(2)24-20(27)14-26-21(28)23(25-22(26)29)13-12-17-6-4-5-7-19(17)23/h4-11,15H,3,12-14H2,1-2H3,(H,24,27)(H,25,29). The number of nitrogens with one attached hydrogen (secondary N) is 2. The summed E-state index contributed by atoms with van der Waals surface area (Å²) in [4.78, 5) is 39.3. The predicted octanol–water partition coefficient (Wildman–Crippen LogP) is 2.66. The molecule has 0 saturated carbocycles. The van der Waals surface area contributed by atoms with Crippen molar-refractivity contribution < 1.29 is 19.1 Å². The highest BCUT2D eigenvalue weighted by atomic mass is 16.5. The van der Waals surface area contributed by atoms with Crippen molar-refractivity contribution in [3.05, 3.63) is 65.2 Å². The van der Waals surface area contributed by atoms with E-state index in [1.54, 1.807) is 0 Å². The summed E-state index contributed by atoms with van der Waals surface area (Å²) in [5.74, 6) is 0.0193. The molecule has 2 unspecified atom stereocenters. The van der Waals surface area contributed by atoms with Crippen LogP contribution in [0.15, 0.2) is 48.5 Å². The van der Waals surface area contributed by atoms with Crippen LogP contribution < -0.4 is 15.4 Å². The number of ether oxygens (including phenoxy) is 1. The maximum atomic E-state index is 13.1. The van der Waals surface area contributed by atoms with Crippen LogP contribution in [-0.4, -0.2) is 35.9 Å². The van der Waals surface area contributed by atoms with Crippen LogP contribution in [-0.2, 0) is 21.5 Å². The van der Waals surface area contributed by atoms with Gasteiger partial charge < -0.3 is 15.4 Å². The molecule has 0 aromatic heterocycles. The van der Waals surface area contributed by atoms with Gasteiger partial charge in [-0.05, 0) is 55.5 Å². The van der Waals surface area contributed by atoms with Crippen LogP contribution in [0.5, 0.6) is 5.75 Å². The van der Waals surface area contributed by atoms with E-state index in [1.165, 1.54) is 0 Å². The maximum Gasteiger partial charge on any atom is 0.325 e. The second kappa shape index (κ2) is 7.82. The third-order valence-corrected chi connectivity index (χ3v) is 5.79. The van der Waals surface area contributed by atoms with Crippen LogP contribution in [0.4, 0.5) is 4.79 Å². The number of rotatable bonds is 6. The van der Waals surface area contributed by atoms with Crippen LogP contribution in [0, 0.1) is 0 Å². The Kier molecular flexibility index (Phi) is 5.20. The molecular formula is C23H25N3O4. The number of carbonyl (C=O) groups excluding carboxylic acids is 3. The average Bonchev–Trinajstić information content (AvgIpc) is 3.22. The van der Waals surface area contributed by atoms with Crippen molar-refractivity contribution >= 4 is 17.8 Å². The summed E-state index contributed by atoms with van der Waals surface area (Å²) in [7, 11) is 0. The molecule has 1 fully saturated rings. The number of nitrogens with zero attached hydrogens (tertiary/aromatic N) is 1. The number of carbonyl (C=O) groups is 3. The van der Waals surface area contributed by atoms with Crippen molar-refractivity contribution in [3.8, 4) is 5.75 Å². The van der Waals surface area contributed by atoms with E-state index in [0.717, 1.165) is 33.8 Å². The highest BCUT2D eigenvalue weighted by Gasteiger charge is 2.55. The zero-order chi connectivity index (χ0) is 21.3. The highest BCUT2D eigenvalue weighted by Crippen LogP contribution is 2.41. The monoisotopic (exact) mass is 407 g/mol. The van der Waals surface area contributed by atoms with Crippen molar-refractivity contribution in [2.75, 3.05) is 13.2 Å². The molecule has 2 aliphatic rings. The fourth-order valence-corrected chi connectivity index (χ4v) is 4.27. The molecule has 1 saturated heterocycles. The van der Waals surface area contributed by atoms with Gasteiger partial charge in [-0.25, -0.2) is 4.79 Å². The maximum absolute atomic E-state index is 13.1. The number of hydrogen-bond acceptors (Lipinski definition) is 4. The van der Waals surface area contributed by atoms with Crippen LogP contribution in [0.1, 0.15) is 43.0 Å². The Morgan fingerprint density at radius 3 is 2.67 bits per heavy atom. The van der Waals surface area contributed by atoms with Gasteiger partial charge >= 0.3 is 6.03 Å². The van der Waals surface area contributed by atoms with Gasteiger partial charge in [-0.1, -0.05) is 36.4 Å². The van der Waals surface area contributed by atoms with Gasteiger partial charge in [-0.3, -0.25) is 14.5 Å². The number of amides is 4. The van der Waals surface area contributed by atoms with Gasteiger partial charge in [0.1, 0.15) is 17.8 Å². The lowest BCUT2D eigenvalue weighted by molar-refractivity contribution is -0.135. The van der Waals surface area contributed by atoms with Gasteiger partial charge in [0, 0.05) is 0 Å². The highest BCUT2D eigenvalue weighted by molar-refractivity contribution is 6.09. The summed E-state index contributed by atoms with van der Waals surface area (Å²) in [6, 6.07) is 14.3. The molecule has 30 heavy (non-hydrogen) atoms. The number of benzene rings is 2. The molecule has 1 aliphatic carbocycles. The average molecular weight is 407 g/mol. The number of hydrogen-bond donors (Lipinski definition) is 2. The van der Waals surface area contributed by atoms with Crippen molar-refractivity contribution in [2.45, 2.75) is 38.3 Å². The van der Waals surface area contributed by atoms with E-state index in [0.29, 0.717) is 13.0 Å². The van der Waals surface area contributed by atoms with Crippen LogP contribution in [0.3, 0.4) is 0 Å². The molecule has 156 valence electrons. The van der Waals surface area contributed by atoms with Gasteiger partial charge in [0.15, 0.2) is 0 Å². The molecule has 0 bridgehead atoms. The Bertz CT molecular complexity index is 988. The normalized spacial score (nSPS) is 20.8. The Balaban J connectivity index is 1.42. The first-order valence-corrected chi connectivity index (χ1v) is 10.2. The van der Waals surface area contributed by atoms with Gasteiger partial charge in [0.25, 0.3) is 5.91 Å². The Labute approximate surface area is 175 Å². The van der Waals surface area contributed by atoms with E-state index in [2.05, 4.69) is 10.6 Å². The Morgan fingerprint density at radius 1 is 1.20 bits per heavy atom.